The van der Waals surface area contributed by atoms with Crippen LogP contribution in [0.15, 0.2) is 42.6 Å². The molecular weight excluding hydrogens is 582 g/mol. The number of methoxy groups -OCH3 is 1. The summed E-state index contributed by atoms with van der Waals surface area (Å²) in [5.41, 5.74) is 0.820. The average Bonchev–Trinajstić information content (AvgIpc) is 3.54. The van der Waals surface area contributed by atoms with Crippen LogP contribution >= 0.6 is 0 Å². The van der Waals surface area contributed by atoms with Crippen molar-refractivity contribution in [3.05, 3.63) is 53.9 Å². The number of amides is 1. The predicted octanol–water partition coefficient (Wildman–Crippen LogP) is -0.307. The number of hydrogen-bond donors (Lipinski definition) is 6. The van der Waals surface area contributed by atoms with Gasteiger partial charge < -0.3 is 49.6 Å². The van der Waals surface area contributed by atoms with Crippen LogP contribution in [-0.4, -0.2) is 106 Å². The molecule has 0 saturated carbocycles. The third-order valence-corrected chi connectivity index (χ3v) is 7.24. The molecule has 0 aliphatic carbocycles. The Balaban J connectivity index is 1.71. The molecule has 6 N–H and O–H groups in total. The summed E-state index contributed by atoms with van der Waals surface area (Å²) < 4.78 is 24.6. The van der Waals surface area contributed by atoms with Gasteiger partial charge in [0.1, 0.15) is 23.6 Å². The van der Waals surface area contributed by atoms with Gasteiger partial charge in [-0.25, -0.2) is 9.58 Å². The maximum absolute atomic E-state index is 14.2. The first-order chi connectivity index (χ1) is 20.7. The number of aromatic nitrogens is 4. The van der Waals surface area contributed by atoms with Crippen molar-refractivity contribution in [2.75, 3.05) is 26.9 Å². The van der Waals surface area contributed by atoms with Gasteiger partial charge in [0.2, 0.25) is 0 Å². The van der Waals surface area contributed by atoms with E-state index in [0.29, 0.717) is 39.7 Å². The smallest absolute Gasteiger partial charge is 0.405 e. The number of carbonyl (C=O) groups excluding carboxylic acids is 1. The lowest BCUT2D eigenvalue weighted by molar-refractivity contribution is -0.470. The third-order valence-electron chi connectivity index (χ3n) is 7.24. The van der Waals surface area contributed by atoms with Gasteiger partial charge in [-0.3, -0.25) is 9.48 Å². The highest BCUT2D eigenvalue weighted by molar-refractivity contribution is 5.98. The third kappa shape index (κ3) is 5.60. The van der Waals surface area contributed by atoms with Crippen LogP contribution in [0.2, 0.25) is 0 Å². The Bertz CT molecular complexity index is 1620. The van der Waals surface area contributed by atoms with Crippen molar-refractivity contribution in [3.8, 4) is 34.0 Å². The van der Waals surface area contributed by atoms with Gasteiger partial charge in [-0.2, -0.15) is 10.2 Å². The maximum atomic E-state index is 14.2. The predicted molar refractivity (Wildman–Crippen MR) is 150 cm³/mol. The summed E-state index contributed by atoms with van der Waals surface area (Å²) in [4.78, 5) is 14.4. The highest BCUT2D eigenvalue weighted by Gasteiger charge is 2.57. The number of ether oxygens (including phenoxy) is 4. The second-order valence-electron chi connectivity index (χ2n) is 10.3. The molecule has 4 heterocycles. The topological polar surface area (TPSA) is 214 Å². The van der Waals surface area contributed by atoms with Crippen LogP contribution < -0.4 is 9.47 Å². The highest BCUT2D eigenvalue weighted by Crippen LogP contribution is 2.46. The van der Waals surface area contributed by atoms with E-state index in [-0.39, 0.29) is 22.8 Å². The van der Waals surface area contributed by atoms with E-state index < -0.39 is 43.5 Å². The summed E-state index contributed by atoms with van der Waals surface area (Å²) in [5, 5.41) is 68.0. The number of fused-ring (bicyclic) bond motifs is 3. The van der Waals surface area contributed by atoms with Crippen LogP contribution in [0.5, 0.6) is 11.5 Å². The van der Waals surface area contributed by atoms with Gasteiger partial charge in [-0.05, 0) is 32.1 Å². The normalized spacial score (nSPS) is 16.3. The molecule has 3 aromatic rings. The summed E-state index contributed by atoms with van der Waals surface area (Å²) in [6.07, 6.45) is -0.344. The van der Waals surface area contributed by atoms with E-state index >= 15 is 0 Å². The summed E-state index contributed by atoms with van der Waals surface area (Å²) in [6.45, 7) is 1.67. The van der Waals surface area contributed by atoms with Crippen molar-refractivity contribution in [1.29, 1.82) is 0 Å². The van der Waals surface area contributed by atoms with E-state index in [9.17, 15) is 35.4 Å². The molecule has 0 spiro atoms. The zero-order chi connectivity index (χ0) is 32.0. The standard InChI is InChI=1S/C28H33N5O11/c1-5-7-16(6-2)32-24-18-10-17(20-8-9-31(3)29-20)21(41-4)11-22(18)43-12-19(24)23(30-32)25(34)33(27(35,36)37)26(13-42-14-26)15-44-28(38,39)40/h5-11,35-40H,12-15H2,1-4H3/b7-5-,16-6+. The molecule has 1 aromatic carbocycles. The molecule has 44 heavy (non-hydrogen) atoms. The Labute approximate surface area is 250 Å². The van der Waals surface area contributed by atoms with Crippen LogP contribution in [0.25, 0.3) is 28.2 Å². The second kappa shape index (κ2) is 11.4. The number of allylic oxidation sites excluding steroid dienone is 4. The van der Waals surface area contributed by atoms with Crippen LogP contribution in [0, 0.1) is 0 Å². The summed E-state index contributed by atoms with van der Waals surface area (Å²) in [5.74, 6) is -0.269. The van der Waals surface area contributed by atoms with E-state index in [0.717, 1.165) is 0 Å². The molecule has 16 heteroatoms. The SMILES string of the molecule is C/C=C\C(=C/C)n1nc(C(=O)N(C(O)(O)O)C2(COC(O)(O)O)COC2)c2c1-c1cc(-c3ccn(C)n3)c(OC)cc1OC2. The minimum atomic E-state index is -3.79. The zero-order valence-electron chi connectivity index (χ0n) is 24.3. The van der Waals surface area contributed by atoms with Crippen LogP contribution in [-0.2, 0) is 23.1 Å². The fourth-order valence-electron chi connectivity index (χ4n) is 5.25. The Morgan fingerprint density at radius 2 is 1.86 bits per heavy atom. The van der Waals surface area contributed by atoms with Gasteiger partial charge in [0.05, 0.1) is 44.0 Å². The van der Waals surface area contributed by atoms with Crippen LogP contribution in [0.4, 0.5) is 0 Å². The number of benzene rings is 1. The number of hydrogen-bond acceptors (Lipinski definition) is 13. The molecule has 5 rings (SSSR count). The Morgan fingerprint density at radius 3 is 2.39 bits per heavy atom. The molecule has 2 aliphatic rings. The Hall–Kier alpha value is -4.13. The van der Waals surface area contributed by atoms with Crippen molar-refractivity contribution in [2.24, 2.45) is 7.05 Å². The summed E-state index contributed by atoms with van der Waals surface area (Å²) in [7, 11) is 3.30. The maximum Gasteiger partial charge on any atom is 0.405 e. The second-order valence-corrected chi connectivity index (χ2v) is 10.3. The first-order valence-electron chi connectivity index (χ1n) is 13.4. The molecule has 16 nitrogen and oxygen atoms in total. The first kappa shape index (κ1) is 31.3. The molecular formula is C28H33N5O11. The average molecular weight is 616 g/mol. The molecule has 1 saturated heterocycles. The molecule has 0 unspecified atom stereocenters. The number of aryl methyl sites for hydroxylation is 1. The minimum Gasteiger partial charge on any atom is -0.496 e. The highest BCUT2D eigenvalue weighted by atomic mass is 16.9. The van der Waals surface area contributed by atoms with Gasteiger partial charge in [0.15, 0.2) is 5.69 Å². The minimum absolute atomic E-state index is 0.182. The van der Waals surface area contributed by atoms with Crippen molar-refractivity contribution < 1.29 is 54.4 Å². The van der Waals surface area contributed by atoms with Crippen molar-refractivity contribution >= 4 is 11.6 Å². The molecule has 0 bridgehead atoms. The Kier molecular flexibility index (Phi) is 8.12. The Morgan fingerprint density at radius 1 is 1.14 bits per heavy atom. The molecule has 0 radical (unpaired) electrons. The first-order valence-corrected chi connectivity index (χ1v) is 13.4. The molecule has 236 valence electrons. The van der Waals surface area contributed by atoms with Crippen molar-refractivity contribution in [2.45, 2.75) is 38.2 Å². The van der Waals surface area contributed by atoms with Gasteiger partial charge in [0.25, 0.3) is 5.91 Å². The van der Waals surface area contributed by atoms with E-state index in [1.807, 2.05) is 6.07 Å². The van der Waals surface area contributed by atoms with E-state index in [4.69, 9.17) is 14.2 Å². The van der Waals surface area contributed by atoms with Gasteiger partial charge >= 0.3 is 12.3 Å². The monoisotopic (exact) mass is 615 g/mol. The number of nitrogens with zero attached hydrogens (tertiary/aromatic N) is 5. The largest absolute Gasteiger partial charge is 0.496 e. The lowest BCUT2D eigenvalue weighted by Crippen LogP contribution is -2.73. The lowest BCUT2D eigenvalue weighted by Gasteiger charge is -2.51. The number of rotatable bonds is 10. The van der Waals surface area contributed by atoms with E-state index in [2.05, 4.69) is 14.9 Å². The zero-order valence-corrected chi connectivity index (χ0v) is 24.3. The molecule has 0 atom stereocenters. The number of carbonyl (C=O) groups is 1. The molecule has 2 aliphatic heterocycles. The van der Waals surface area contributed by atoms with Crippen LogP contribution in [0.3, 0.4) is 0 Å². The van der Waals surface area contributed by atoms with Crippen LogP contribution in [0.1, 0.15) is 29.9 Å². The van der Waals surface area contributed by atoms with Gasteiger partial charge in [-0.1, -0.05) is 12.2 Å². The molecule has 1 amide bonds. The summed E-state index contributed by atoms with van der Waals surface area (Å²) in [6, 6.07) is 5.29. The van der Waals surface area contributed by atoms with Crippen molar-refractivity contribution in [3.63, 3.8) is 0 Å². The quantitative estimate of drug-likeness (QED) is 0.128. The molecule has 1 fully saturated rings. The number of aliphatic hydroxyl groups is 6. The lowest BCUT2D eigenvalue weighted by atomic mass is 9.94. The van der Waals surface area contributed by atoms with E-state index in [1.54, 1.807) is 62.1 Å². The fourth-order valence-corrected chi connectivity index (χ4v) is 5.25. The van der Waals surface area contributed by atoms with Crippen molar-refractivity contribution in [1.82, 2.24) is 24.5 Å². The van der Waals surface area contributed by atoms with Gasteiger partial charge in [0, 0.05) is 36.0 Å². The molecule has 2 aromatic heterocycles. The van der Waals surface area contributed by atoms with E-state index in [1.165, 1.54) is 11.8 Å². The summed E-state index contributed by atoms with van der Waals surface area (Å²) >= 11 is 0. The fraction of sp³-hybridized carbons (Fsp3) is 0.393. The van der Waals surface area contributed by atoms with Gasteiger partial charge in [-0.15, -0.1) is 0 Å².